The lowest BCUT2D eigenvalue weighted by Gasteiger charge is -2.26. The fraction of sp³-hybridized carbons (Fsp3) is 0.552. The van der Waals surface area contributed by atoms with E-state index in [4.69, 9.17) is 19.6 Å². The Bertz CT molecular complexity index is 1190. The van der Waals surface area contributed by atoms with Gasteiger partial charge in [0, 0.05) is 12.1 Å². The number of esters is 1. The number of likely N-dealkylation sites (tertiary alicyclic amines) is 1. The van der Waals surface area contributed by atoms with Gasteiger partial charge in [-0.3, -0.25) is 4.90 Å². The van der Waals surface area contributed by atoms with Crippen molar-refractivity contribution in [3.8, 4) is 17.0 Å². The molecule has 2 fully saturated rings. The number of hydrogen-bond donors (Lipinski definition) is 0. The standard InChI is InChI=1S/C29H38N4O3/c1-20(2)36-28-26-24(22-14-12-21(13-15-22)19-32-16-8-5-9-17-32)18-25(29(34)35-3)30-27(26)33(31-28)23-10-6-4-7-11-23/h12-15,18,20,23H,4-11,16-17,19H2,1-3H3. The third-order valence-corrected chi connectivity index (χ3v) is 7.41. The number of pyridine rings is 1. The second-order valence-electron chi connectivity index (χ2n) is 10.5. The Hall–Kier alpha value is -2.93. The molecule has 1 aliphatic carbocycles. The average molecular weight is 491 g/mol. The van der Waals surface area contributed by atoms with E-state index in [0.29, 0.717) is 17.2 Å². The molecule has 0 radical (unpaired) electrons. The van der Waals surface area contributed by atoms with Gasteiger partial charge in [-0.15, -0.1) is 5.10 Å². The molecule has 7 heteroatoms. The lowest BCUT2D eigenvalue weighted by atomic mass is 9.95. The van der Waals surface area contributed by atoms with Gasteiger partial charge in [-0.25, -0.2) is 14.5 Å². The number of rotatable bonds is 7. The first-order valence-electron chi connectivity index (χ1n) is 13.5. The molecule has 2 aromatic heterocycles. The normalized spacial score (nSPS) is 17.6. The number of nitrogens with zero attached hydrogens (tertiary/aromatic N) is 4. The Morgan fingerprint density at radius 2 is 1.72 bits per heavy atom. The van der Waals surface area contributed by atoms with Gasteiger partial charge in [0.2, 0.25) is 5.88 Å². The molecular weight excluding hydrogens is 452 g/mol. The zero-order valence-corrected chi connectivity index (χ0v) is 21.8. The van der Waals surface area contributed by atoms with Gasteiger partial charge in [0.15, 0.2) is 11.3 Å². The monoisotopic (exact) mass is 490 g/mol. The maximum atomic E-state index is 12.6. The van der Waals surface area contributed by atoms with Crippen LogP contribution in [0.4, 0.5) is 0 Å². The van der Waals surface area contributed by atoms with E-state index in [0.717, 1.165) is 35.9 Å². The summed E-state index contributed by atoms with van der Waals surface area (Å²) in [4.78, 5) is 19.9. The Balaban J connectivity index is 1.60. The second kappa shape index (κ2) is 11.0. The van der Waals surface area contributed by atoms with Gasteiger partial charge >= 0.3 is 5.97 Å². The molecule has 0 amide bonds. The zero-order chi connectivity index (χ0) is 25.1. The van der Waals surface area contributed by atoms with E-state index in [1.807, 2.05) is 24.6 Å². The minimum absolute atomic E-state index is 0.0250. The van der Waals surface area contributed by atoms with Crippen molar-refractivity contribution in [3.63, 3.8) is 0 Å². The molecule has 0 unspecified atom stereocenters. The summed E-state index contributed by atoms with van der Waals surface area (Å²) >= 11 is 0. The van der Waals surface area contributed by atoms with Crippen molar-refractivity contribution < 1.29 is 14.3 Å². The molecule has 36 heavy (non-hydrogen) atoms. The number of carbonyl (C=O) groups excluding carboxylic acids is 1. The lowest BCUT2D eigenvalue weighted by molar-refractivity contribution is 0.0594. The van der Waals surface area contributed by atoms with Crippen molar-refractivity contribution in [1.29, 1.82) is 0 Å². The van der Waals surface area contributed by atoms with Crippen LogP contribution in [0, 0.1) is 0 Å². The molecule has 1 saturated carbocycles. The number of piperidine rings is 1. The van der Waals surface area contributed by atoms with Crippen molar-refractivity contribution in [1.82, 2.24) is 19.7 Å². The summed E-state index contributed by atoms with van der Waals surface area (Å²) < 4.78 is 13.3. The van der Waals surface area contributed by atoms with Crippen LogP contribution >= 0.6 is 0 Å². The van der Waals surface area contributed by atoms with Gasteiger partial charge < -0.3 is 9.47 Å². The Morgan fingerprint density at radius 1 is 1.03 bits per heavy atom. The maximum absolute atomic E-state index is 12.6. The van der Waals surface area contributed by atoms with Crippen molar-refractivity contribution in [2.24, 2.45) is 0 Å². The fourth-order valence-corrected chi connectivity index (χ4v) is 5.59. The molecule has 1 saturated heterocycles. The summed E-state index contributed by atoms with van der Waals surface area (Å²) in [6.07, 6.45) is 9.60. The number of methoxy groups -OCH3 is 1. The molecule has 0 spiro atoms. The van der Waals surface area contributed by atoms with Crippen molar-refractivity contribution in [2.75, 3.05) is 20.2 Å². The van der Waals surface area contributed by atoms with E-state index in [1.54, 1.807) is 0 Å². The molecule has 5 rings (SSSR count). The molecule has 3 aromatic rings. The quantitative estimate of drug-likeness (QED) is 0.369. The number of benzene rings is 1. The van der Waals surface area contributed by atoms with Crippen LogP contribution in [0.2, 0.25) is 0 Å². The second-order valence-corrected chi connectivity index (χ2v) is 10.5. The Morgan fingerprint density at radius 3 is 2.39 bits per heavy atom. The molecular formula is C29H38N4O3. The minimum Gasteiger partial charge on any atom is -0.473 e. The summed E-state index contributed by atoms with van der Waals surface area (Å²) in [5.41, 5.74) is 4.23. The van der Waals surface area contributed by atoms with Gasteiger partial charge in [0.1, 0.15) is 0 Å². The van der Waals surface area contributed by atoms with Gasteiger partial charge in [-0.1, -0.05) is 49.9 Å². The maximum Gasteiger partial charge on any atom is 0.356 e. The molecule has 192 valence electrons. The van der Waals surface area contributed by atoms with E-state index in [1.165, 1.54) is 64.3 Å². The van der Waals surface area contributed by atoms with Crippen molar-refractivity contribution >= 4 is 17.0 Å². The summed E-state index contributed by atoms with van der Waals surface area (Å²) in [5, 5.41) is 5.80. The molecule has 2 aliphatic rings. The first kappa shape index (κ1) is 24.8. The summed E-state index contributed by atoms with van der Waals surface area (Å²) in [7, 11) is 1.40. The van der Waals surface area contributed by atoms with Gasteiger partial charge in [0.25, 0.3) is 0 Å². The van der Waals surface area contributed by atoms with Crippen LogP contribution in [-0.4, -0.2) is 51.9 Å². The van der Waals surface area contributed by atoms with Crippen LogP contribution in [0.3, 0.4) is 0 Å². The van der Waals surface area contributed by atoms with Gasteiger partial charge in [-0.2, -0.15) is 0 Å². The predicted octanol–water partition coefficient (Wildman–Crippen LogP) is 6.16. The third-order valence-electron chi connectivity index (χ3n) is 7.41. The zero-order valence-electron chi connectivity index (χ0n) is 21.8. The van der Waals surface area contributed by atoms with Crippen LogP contribution < -0.4 is 4.74 Å². The number of fused-ring (bicyclic) bond motifs is 1. The Labute approximate surface area is 213 Å². The summed E-state index contributed by atoms with van der Waals surface area (Å²) in [5.74, 6) is 0.143. The number of aromatic nitrogens is 3. The number of ether oxygens (including phenoxy) is 2. The highest BCUT2D eigenvalue weighted by molar-refractivity contribution is 6.01. The number of hydrogen-bond acceptors (Lipinski definition) is 6. The van der Waals surface area contributed by atoms with Crippen LogP contribution in [0.1, 0.15) is 87.3 Å². The SMILES string of the molecule is COC(=O)c1cc(-c2ccc(CN3CCCCC3)cc2)c2c(OC(C)C)nn(C3CCCCC3)c2n1. The van der Waals surface area contributed by atoms with Gasteiger partial charge in [-0.05, 0) is 69.8 Å². The minimum atomic E-state index is -0.442. The topological polar surface area (TPSA) is 69.5 Å². The predicted molar refractivity (Wildman–Crippen MR) is 141 cm³/mol. The molecule has 0 bridgehead atoms. The molecule has 3 heterocycles. The molecule has 1 aromatic carbocycles. The van der Waals surface area contributed by atoms with E-state index in [9.17, 15) is 4.79 Å². The Kier molecular flexibility index (Phi) is 7.56. The largest absolute Gasteiger partial charge is 0.473 e. The van der Waals surface area contributed by atoms with Crippen LogP contribution in [0.5, 0.6) is 5.88 Å². The summed E-state index contributed by atoms with van der Waals surface area (Å²) in [6, 6.07) is 10.8. The van der Waals surface area contributed by atoms with Crippen molar-refractivity contribution in [2.45, 2.75) is 83.9 Å². The highest BCUT2D eigenvalue weighted by Crippen LogP contribution is 2.39. The molecule has 0 N–H and O–H groups in total. The highest BCUT2D eigenvalue weighted by Gasteiger charge is 2.27. The number of carbonyl (C=O) groups is 1. The fourth-order valence-electron chi connectivity index (χ4n) is 5.59. The van der Waals surface area contributed by atoms with E-state index in [-0.39, 0.29) is 12.1 Å². The van der Waals surface area contributed by atoms with E-state index in [2.05, 4.69) is 29.2 Å². The molecule has 1 aliphatic heterocycles. The molecule has 0 atom stereocenters. The third kappa shape index (κ3) is 5.26. The van der Waals surface area contributed by atoms with Gasteiger partial charge in [0.05, 0.1) is 24.6 Å². The average Bonchev–Trinajstić information content (AvgIpc) is 3.27. The van der Waals surface area contributed by atoms with E-state index < -0.39 is 5.97 Å². The van der Waals surface area contributed by atoms with Crippen LogP contribution in [-0.2, 0) is 11.3 Å². The summed E-state index contributed by atoms with van der Waals surface area (Å²) in [6.45, 7) is 7.34. The van der Waals surface area contributed by atoms with E-state index >= 15 is 0 Å². The highest BCUT2D eigenvalue weighted by atomic mass is 16.5. The first-order chi connectivity index (χ1) is 17.5. The lowest BCUT2D eigenvalue weighted by Crippen LogP contribution is -2.28. The van der Waals surface area contributed by atoms with Crippen molar-refractivity contribution in [3.05, 3.63) is 41.6 Å². The molecule has 7 nitrogen and oxygen atoms in total. The smallest absolute Gasteiger partial charge is 0.356 e. The first-order valence-corrected chi connectivity index (χ1v) is 13.5. The van der Waals surface area contributed by atoms with Crippen LogP contribution in [0.15, 0.2) is 30.3 Å². The van der Waals surface area contributed by atoms with Crippen LogP contribution in [0.25, 0.3) is 22.2 Å².